The molecule has 1 atom stereocenters. The molecule has 0 aliphatic heterocycles. The highest BCUT2D eigenvalue weighted by Gasteiger charge is 2.64. The number of halogens is 3. The average Bonchev–Trinajstić information content (AvgIpc) is 3.17. The molecule has 2 aromatic heterocycles. The smallest absolute Gasteiger partial charge is 0.441 e. The van der Waals surface area contributed by atoms with Crippen LogP contribution in [0.15, 0.2) is 33.4 Å². The first kappa shape index (κ1) is 18.4. The molecule has 136 valence electrons. The number of anilines is 1. The highest BCUT2D eigenvalue weighted by molar-refractivity contribution is 5.97. The van der Waals surface area contributed by atoms with Gasteiger partial charge in [-0.1, -0.05) is 5.16 Å². The van der Waals surface area contributed by atoms with E-state index < -0.39 is 35.3 Å². The van der Waals surface area contributed by atoms with Crippen molar-refractivity contribution in [3.8, 4) is 0 Å². The number of carbonyl (C=O) groups excluding carboxylic acids is 2. The van der Waals surface area contributed by atoms with Crippen LogP contribution < -0.4 is 10.6 Å². The van der Waals surface area contributed by atoms with Crippen molar-refractivity contribution < 1.29 is 36.4 Å². The summed E-state index contributed by atoms with van der Waals surface area (Å²) in [7, 11) is 0. The van der Waals surface area contributed by atoms with E-state index in [2.05, 4.69) is 14.4 Å². The quantitative estimate of drug-likeness (QED) is 0.600. The molecular weight excluding hydrogens is 347 g/mol. The molecule has 2 heterocycles. The van der Waals surface area contributed by atoms with Crippen LogP contribution in [0.25, 0.3) is 0 Å². The fourth-order valence-corrected chi connectivity index (χ4v) is 1.89. The van der Waals surface area contributed by atoms with Gasteiger partial charge in [-0.05, 0) is 26.0 Å². The van der Waals surface area contributed by atoms with E-state index in [-0.39, 0.29) is 12.4 Å². The lowest BCUT2D eigenvalue weighted by Gasteiger charge is -2.34. The molecule has 0 unspecified atom stereocenters. The number of furan rings is 1. The van der Waals surface area contributed by atoms with Crippen LogP contribution in [0.5, 0.6) is 0 Å². The molecule has 0 aromatic carbocycles. The minimum absolute atomic E-state index is 0.194. The third-order valence-electron chi connectivity index (χ3n) is 3.00. The third-order valence-corrected chi connectivity index (χ3v) is 3.00. The van der Waals surface area contributed by atoms with Crippen LogP contribution in [0.2, 0.25) is 0 Å². The Morgan fingerprint density at radius 1 is 1.36 bits per heavy atom. The third kappa shape index (κ3) is 3.75. The number of alkyl halides is 3. The van der Waals surface area contributed by atoms with Crippen molar-refractivity contribution in [1.29, 1.82) is 0 Å². The van der Waals surface area contributed by atoms with E-state index in [9.17, 15) is 22.8 Å². The van der Waals surface area contributed by atoms with Crippen LogP contribution in [0.1, 0.15) is 23.2 Å². The summed E-state index contributed by atoms with van der Waals surface area (Å²) in [5, 5.41) is 6.80. The number of rotatable bonds is 6. The second-order valence-electron chi connectivity index (χ2n) is 4.85. The molecule has 1 amide bonds. The normalized spacial score (nSPS) is 13.8. The highest BCUT2D eigenvalue weighted by Crippen LogP contribution is 2.33. The SMILES string of the molecule is CCOC(=O)[C@](NC(=O)c1ccco1)(Nc1cc(C)on1)C(F)(F)F. The van der Waals surface area contributed by atoms with Crippen LogP contribution in [0, 0.1) is 6.92 Å². The summed E-state index contributed by atoms with van der Waals surface area (Å²) < 4.78 is 55.3. The van der Waals surface area contributed by atoms with Gasteiger partial charge in [0.15, 0.2) is 11.6 Å². The van der Waals surface area contributed by atoms with Crippen molar-refractivity contribution in [1.82, 2.24) is 10.5 Å². The Bertz CT molecular complexity index is 741. The molecule has 0 spiro atoms. The van der Waals surface area contributed by atoms with Gasteiger partial charge in [-0.25, -0.2) is 4.79 Å². The predicted octanol–water partition coefficient (Wildman–Crippen LogP) is 2.24. The Balaban J connectivity index is 2.45. The van der Waals surface area contributed by atoms with Crippen LogP contribution in [0.4, 0.5) is 19.0 Å². The lowest BCUT2D eigenvalue weighted by Crippen LogP contribution is -2.69. The maximum atomic E-state index is 13.8. The summed E-state index contributed by atoms with van der Waals surface area (Å²) in [6.45, 7) is 2.43. The molecule has 25 heavy (non-hydrogen) atoms. The Hall–Kier alpha value is -2.98. The van der Waals surface area contributed by atoms with Crippen molar-refractivity contribution in [3.05, 3.63) is 36.0 Å². The lowest BCUT2D eigenvalue weighted by atomic mass is 10.1. The maximum absolute atomic E-state index is 13.8. The molecule has 8 nitrogen and oxygen atoms in total. The van der Waals surface area contributed by atoms with E-state index in [4.69, 9.17) is 4.42 Å². The molecule has 0 aliphatic rings. The van der Waals surface area contributed by atoms with Gasteiger partial charge in [-0.2, -0.15) is 13.2 Å². The predicted molar refractivity (Wildman–Crippen MR) is 76.5 cm³/mol. The van der Waals surface area contributed by atoms with Gasteiger partial charge in [-0.15, -0.1) is 0 Å². The Kier molecular flexibility index (Phi) is 5.04. The summed E-state index contributed by atoms with van der Waals surface area (Å²) in [6.07, 6.45) is -4.17. The van der Waals surface area contributed by atoms with E-state index in [1.807, 2.05) is 5.32 Å². The van der Waals surface area contributed by atoms with Crippen molar-refractivity contribution >= 4 is 17.7 Å². The van der Waals surface area contributed by atoms with Crippen molar-refractivity contribution in [2.45, 2.75) is 25.7 Å². The fraction of sp³-hybridized carbons (Fsp3) is 0.357. The first-order chi connectivity index (χ1) is 11.7. The van der Waals surface area contributed by atoms with E-state index in [1.54, 1.807) is 5.32 Å². The number of ether oxygens (including phenoxy) is 1. The fourth-order valence-electron chi connectivity index (χ4n) is 1.89. The Morgan fingerprint density at radius 3 is 2.56 bits per heavy atom. The minimum atomic E-state index is -5.27. The molecule has 2 aromatic rings. The van der Waals surface area contributed by atoms with Crippen LogP contribution in [0.3, 0.4) is 0 Å². The summed E-state index contributed by atoms with van der Waals surface area (Å²) >= 11 is 0. The monoisotopic (exact) mass is 361 g/mol. The molecule has 2 N–H and O–H groups in total. The van der Waals surface area contributed by atoms with Gasteiger partial charge in [0.2, 0.25) is 0 Å². The van der Waals surface area contributed by atoms with Crippen LogP contribution >= 0.6 is 0 Å². The first-order valence-electron chi connectivity index (χ1n) is 7.01. The van der Waals surface area contributed by atoms with Crippen molar-refractivity contribution in [2.24, 2.45) is 0 Å². The molecule has 11 heteroatoms. The lowest BCUT2D eigenvalue weighted by molar-refractivity contribution is -0.204. The molecule has 2 rings (SSSR count). The Labute approximate surface area is 139 Å². The summed E-state index contributed by atoms with van der Waals surface area (Å²) in [6, 6.07) is 3.57. The highest BCUT2D eigenvalue weighted by atomic mass is 19.4. The van der Waals surface area contributed by atoms with Gasteiger partial charge in [0.05, 0.1) is 12.9 Å². The molecule has 0 saturated heterocycles. The number of carbonyl (C=O) groups is 2. The van der Waals surface area contributed by atoms with E-state index in [0.717, 1.165) is 18.4 Å². The zero-order valence-corrected chi connectivity index (χ0v) is 13.1. The van der Waals surface area contributed by atoms with E-state index in [0.29, 0.717) is 0 Å². The summed E-state index contributed by atoms with van der Waals surface area (Å²) in [5.41, 5.74) is -3.59. The van der Waals surface area contributed by atoms with Gasteiger partial charge in [-0.3, -0.25) is 4.79 Å². The zero-order valence-electron chi connectivity index (χ0n) is 13.1. The van der Waals surface area contributed by atoms with Crippen molar-refractivity contribution in [3.63, 3.8) is 0 Å². The number of nitrogens with zero attached hydrogens (tertiary/aromatic N) is 1. The standard InChI is InChI=1S/C14H14F3N3O5/c1-3-23-12(22)13(14(15,16)17,18-10-7-8(2)25-20-10)19-11(21)9-5-4-6-24-9/h4-7H,3H2,1-2H3,(H,18,20)(H,19,21)/t13-/m1/s1. The van der Waals surface area contributed by atoms with E-state index in [1.165, 1.54) is 19.9 Å². The number of amides is 1. The van der Waals surface area contributed by atoms with Gasteiger partial charge in [0, 0.05) is 6.07 Å². The van der Waals surface area contributed by atoms with Gasteiger partial charge < -0.3 is 24.3 Å². The molecule has 0 aliphatic carbocycles. The largest absolute Gasteiger partial charge is 0.463 e. The molecule has 0 radical (unpaired) electrons. The first-order valence-corrected chi connectivity index (χ1v) is 7.01. The number of nitrogens with one attached hydrogen (secondary N) is 2. The molecular formula is C14H14F3N3O5. The number of hydrogen-bond acceptors (Lipinski definition) is 7. The van der Waals surface area contributed by atoms with Gasteiger partial charge in [0.1, 0.15) is 5.76 Å². The number of hydrogen-bond donors (Lipinski definition) is 2. The summed E-state index contributed by atoms with van der Waals surface area (Å²) in [5.74, 6) is -3.68. The van der Waals surface area contributed by atoms with E-state index >= 15 is 0 Å². The van der Waals surface area contributed by atoms with Gasteiger partial charge >= 0.3 is 17.8 Å². The second kappa shape index (κ2) is 6.87. The second-order valence-corrected chi connectivity index (χ2v) is 4.85. The summed E-state index contributed by atoms with van der Waals surface area (Å²) in [4.78, 5) is 24.2. The average molecular weight is 361 g/mol. The molecule has 0 fully saturated rings. The number of aromatic nitrogens is 1. The maximum Gasteiger partial charge on any atom is 0.441 e. The topological polar surface area (TPSA) is 107 Å². The minimum Gasteiger partial charge on any atom is -0.463 e. The van der Waals surface area contributed by atoms with Crippen LogP contribution in [-0.2, 0) is 9.53 Å². The number of aryl methyl sites for hydroxylation is 1. The molecule has 0 bridgehead atoms. The zero-order chi connectivity index (χ0) is 18.7. The number of esters is 1. The van der Waals surface area contributed by atoms with Crippen LogP contribution in [-0.4, -0.2) is 35.5 Å². The van der Waals surface area contributed by atoms with Crippen molar-refractivity contribution in [2.75, 3.05) is 11.9 Å². The molecule has 0 saturated carbocycles. The Morgan fingerprint density at radius 2 is 2.08 bits per heavy atom. The van der Waals surface area contributed by atoms with Gasteiger partial charge in [0.25, 0.3) is 5.91 Å².